The molecule has 1 N–H and O–H groups in total. The van der Waals surface area contributed by atoms with Crippen molar-refractivity contribution < 1.29 is 9.47 Å². The van der Waals surface area contributed by atoms with Crippen molar-refractivity contribution in [1.82, 2.24) is 9.97 Å². The van der Waals surface area contributed by atoms with Gasteiger partial charge in [-0.1, -0.05) is 13.0 Å². The van der Waals surface area contributed by atoms with Crippen LogP contribution in [0.5, 0.6) is 11.5 Å². The molecule has 1 fully saturated rings. The molecule has 1 aromatic carbocycles. The fourth-order valence-electron chi connectivity index (χ4n) is 3.83. The van der Waals surface area contributed by atoms with Crippen molar-refractivity contribution in [2.45, 2.75) is 52.0 Å². The van der Waals surface area contributed by atoms with Crippen molar-refractivity contribution in [2.24, 2.45) is 0 Å². The van der Waals surface area contributed by atoms with Crippen molar-refractivity contribution in [1.29, 1.82) is 0 Å². The lowest BCUT2D eigenvalue weighted by atomic mass is 10.0. The Morgan fingerprint density at radius 1 is 1.11 bits per heavy atom. The molecule has 2 heterocycles. The largest absolute Gasteiger partial charge is 0.493 e. The van der Waals surface area contributed by atoms with Crippen molar-refractivity contribution in [3.8, 4) is 11.5 Å². The van der Waals surface area contributed by atoms with Gasteiger partial charge in [0.05, 0.1) is 14.2 Å². The zero-order valence-electron chi connectivity index (χ0n) is 17.5. The molecule has 1 aromatic heterocycles. The van der Waals surface area contributed by atoms with Crippen molar-refractivity contribution >= 4 is 11.8 Å². The SMILES string of the molecule is CCC1CCCCN1c1nc(C)cc(NCCc2ccc(OC)c(OC)c2)n1. The number of nitrogens with one attached hydrogen (secondary N) is 1. The minimum Gasteiger partial charge on any atom is -0.493 e. The van der Waals surface area contributed by atoms with Gasteiger partial charge in [0.2, 0.25) is 5.95 Å². The van der Waals surface area contributed by atoms with E-state index in [2.05, 4.69) is 23.2 Å². The minimum absolute atomic E-state index is 0.551. The molecule has 0 aliphatic carbocycles. The second-order valence-corrected chi connectivity index (χ2v) is 7.31. The van der Waals surface area contributed by atoms with E-state index in [1.54, 1.807) is 14.2 Å². The number of piperidine rings is 1. The van der Waals surface area contributed by atoms with E-state index in [9.17, 15) is 0 Å². The summed E-state index contributed by atoms with van der Waals surface area (Å²) in [5.74, 6) is 3.27. The third-order valence-corrected chi connectivity index (χ3v) is 5.37. The number of anilines is 2. The fraction of sp³-hybridized carbons (Fsp3) is 0.545. The maximum atomic E-state index is 5.39. The molecule has 1 aliphatic rings. The average Bonchev–Trinajstić information content (AvgIpc) is 2.73. The van der Waals surface area contributed by atoms with Crippen LogP contribution in [0.1, 0.15) is 43.9 Å². The smallest absolute Gasteiger partial charge is 0.227 e. The molecule has 1 atom stereocenters. The Morgan fingerprint density at radius 3 is 2.68 bits per heavy atom. The number of rotatable bonds is 8. The molecule has 152 valence electrons. The van der Waals surface area contributed by atoms with Crippen LogP contribution in [0, 0.1) is 6.92 Å². The number of aromatic nitrogens is 2. The Hall–Kier alpha value is -2.50. The van der Waals surface area contributed by atoms with Crippen LogP contribution in [0.25, 0.3) is 0 Å². The molecule has 0 spiro atoms. The summed E-state index contributed by atoms with van der Waals surface area (Å²) in [5, 5.41) is 3.46. The van der Waals surface area contributed by atoms with Crippen molar-refractivity contribution in [3.05, 3.63) is 35.5 Å². The first-order valence-corrected chi connectivity index (χ1v) is 10.2. The highest BCUT2D eigenvalue weighted by atomic mass is 16.5. The number of hydrogen-bond acceptors (Lipinski definition) is 6. The summed E-state index contributed by atoms with van der Waals surface area (Å²) in [6, 6.07) is 8.61. The van der Waals surface area contributed by atoms with Crippen LogP contribution in [0.15, 0.2) is 24.3 Å². The number of benzene rings is 1. The summed E-state index contributed by atoms with van der Waals surface area (Å²) in [6.45, 7) is 6.13. The third-order valence-electron chi connectivity index (χ3n) is 5.37. The number of aryl methyl sites for hydroxylation is 1. The molecular formula is C22H32N4O2. The predicted molar refractivity (Wildman–Crippen MR) is 114 cm³/mol. The fourth-order valence-corrected chi connectivity index (χ4v) is 3.83. The van der Waals surface area contributed by atoms with E-state index in [4.69, 9.17) is 19.4 Å². The summed E-state index contributed by atoms with van der Waals surface area (Å²) >= 11 is 0. The van der Waals surface area contributed by atoms with Crippen LogP contribution in [-0.2, 0) is 6.42 Å². The number of nitrogens with zero attached hydrogens (tertiary/aromatic N) is 3. The topological polar surface area (TPSA) is 59.5 Å². The van der Waals surface area contributed by atoms with E-state index in [0.717, 1.165) is 54.9 Å². The van der Waals surface area contributed by atoms with Gasteiger partial charge in [0.25, 0.3) is 0 Å². The van der Waals surface area contributed by atoms with Crippen LogP contribution in [0.2, 0.25) is 0 Å². The van der Waals surface area contributed by atoms with Crippen LogP contribution in [0.4, 0.5) is 11.8 Å². The lowest BCUT2D eigenvalue weighted by Crippen LogP contribution is -2.40. The van der Waals surface area contributed by atoms with E-state index >= 15 is 0 Å². The van der Waals surface area contributed by atoms with Gasteiger partial charge in [0.15, 0.2) is 11.5 Å². The Labute approximate surface area is 168 Å². The first-order chi connectivity index (χ1) is 13.6. The molecule has 6 heteroatoms. The van der Waals surface area contributed by atoms with Gasteiger partial charge in [-0.05, 0) is 56.7 Å². The number of hydrogen-bond donors (Lipinski definition) is 1. The number of ether oxygens (including phenoxy) is 2. The molecule has 3 rings (SSSR count). The van der Waals surface area contributed by atoms with Gasteiger partial charge in [0.1, 0.15) is 5.82 Å². The lowest BCUT2D eigenvalue weighted by molar-refractivity contribution is 0.354. The van der Waals surface area contributed by atoms with Crippen molar-refractivity contribution in [2.75, 3.05) is 37.5 Å². The van der Waals surface area contributed by atoms with Gasteiger partial charge < -0.3 is 19.7 Å². The predicted octanol–water partition coefficient (Wildman–Crippen LogP) is 4.23. The highest BCUT2D eigenvalue weighted by Gasteiger charge is 2.23. The monoisotopic (exact) mass is 384 g/mol. The molecule has 0 radical (unpaired) electrons. The second kappa shape index (κ2) is 9.62. The first-order valence-electron chi connectivity index (χ1n) is 10.2. The minimum atomic E-state index is 0.551. The third kappa shape index (κ3) is 4.86. The Bertz CT molecular complexity index is 781. The van der Waals surface area contributed by atoms with Crippen LogP contribution in [-0.4, -0.2) is 43.3 Å². The lowest BCUT2D eigenvalue weighted by Gasteiger charge is -2.35. The highest BCUT2D eigenvalue weighted by molar-refractivity contribution is 5.46. The molecular weight excluding hydrogens is 352 g/mol. The Morgan fingerprint density at radius 2 is 1.93 bits per heavy atom. The molecule has 6 nitrogen and oxygen atoms in total. The first kappa shape index (κ1) is 20.2. The van der Waals surface area contributed by atoms with E-state index in [1.807, 2.05) is 25.1 Å². The summed E-state index contributed by atoms with van der Waals surface area (Å²) in [6.07, 6.45) is 5.77. The van der Waals surface area contributed by atoms with E-state index in [1.165, 1.54) is 24.8 Å². The summed E-state index contributed by atoms with van der Waals surface area (Å²) < 4.78 is 10.7. The van der Waals surface area contributed by atoms with E-state index in [0.29, 0.717) is 6.04 Å². The summed E-state index contributed by atoms with van der Waals surface area (Å²) in [4.78, 5) is 11.9. The van der Waals surface area contributed by atoms with Gasteiger partial charge in [-0.3, -0.25) is 0 Å². The Kier molecular flexibility index (Phi) is 6.95. The van der Waals surface area contributed by atoms with E-state index in [-0.39, 0.29) is 0 Å². The van der Waals surface area contributed by atoms with Crippen LogP contribution < -0.4 is 19.7 Å². The van der Waals surface area contributed by atoms with E-state index < -0.39 is 0 Å². The van der Waals surface area contributed by atoms with Gasteiger partial charge in [-0.2, -0.15) is 4.98 Å². The van der Waals surface area contributed by atoms with Gasteiger partial charge in [-0.25, -0.2) is 4.98 Å². The van der Waals surface area contributed by atoms with Crippen molar-refractivity contribution in [3.63, 3.8) is 0 Å². The molecule has 0 bridgehead atoms. The quantitative estimate of drug-likeness (QED) is 0.735. The summed E-state index contributed by atoms with van der Waals surface area (Å²) in [7, 11) is 3.31. The molecule has 28 heavy (non-hydrogen) atoms. The van der Waals surface area contributed by atoms with Gasteiger partial charge in [-0.15, -0.1) is 0 Å². The molecule has 1 aliphatic heterocycles. The van der Waals surface area contributed by atoms with Gasteiger partial charge >= 0.3 is 0 Å². The zero-order chi connectivity index (χ0) is 19.9. The summed E-state index contributed by atoms with van der Waals surface area (Å²) in [5.41, 5.74) is 2.19. The zero-order valence-corrected chi connectivity index (χ0v) is 17.5. The van der Waals surface area contributed by atoms with Crippen LogP contribution in [0.3, 0.4) is 0 Å². The normalized spacial score (nSPS) is 16.7. The Balaban J connectivity index is 1.65. The molecule has 0 amide bonds. The standard InChI is InChI=1S/C22H32N4O2/c1-5-18-8-6-7-13-26(18)22-24-16(2)14-21(25-22)23-12-11-17-9-10-19(27-3)20(15-17)28-4/h9-10,14-15,18H,5-8,11-13H2,1-4H3,(H,23,24,25). The average molecular weight is 385 g/mol. The molecule has 0 saturated carbocycles. The number of methoxy groups -OCH3 is 2. The molecule has 1 unspecified atom stereocenters. The maximum Gasteiger partial charge on any atom is 0.227 e. The van der Waals surface area contributed by atoms with Crippen LogP contribution >= 0.6 is 0 Å². The second-order valence-electron chi connectivity index (χ2n) is 7.31. The highest BCUT2D eigenvalue weighted by Crippen LogP contribution is 2.28. The molecule has 2 aromatic rings. The molecule has 1 saturated heterocycles. The van der Waals surface area contributed by atoms with Gasteiger partial charge in [0, 0.05) is 30.9 Å². The maximum absolute atomic E-state index is 5.39.